The van der Waals surface area contributed by atoms with Crippen molar-refractivity contribution in [2.75, 3.05) is 13.6 Å². The highest BCUT2D eigenvalue weighted by Gasteiger charge is 2.42. The van der Waals surface area contributed by atoms with E-state index in [9.17, 15) is 19.5 Å². The number of likely N-dealkylation sites (N-methyl/N-ethyl adjacent to an activating group) is 1. The summed E-state index contributed by atoms with van der Waals surface area (Å²) in [5.74, 6) is -2.19. The van der Waals surface area contributed by atoms with Gasteiger partial charge in [0, 0.05) is 13.1 Å². The van der Waals surface area contributed by atoms with Crippen molar-refractivity contribution in [2.45, 2.75) is 38.6 Å². The lowest BCUT2D eigenvalue weighted by molar-refractivity contribution is -0.149. The van der Waals surface area contributed by atoms with Gasteiger partial charge in [-0.3, -0.25) is 14.4 Å². The van der Waals surface area contributed by atoms with Crippen LogP contribution in [-0.2, 0) is 14.4 Å². The molecule has 0 aromatic carbocycles. The second-order valence-electron chi connectivity index (χ2n) is 6.16. The van der Waals surface area contributed by atoms with Gasteiger partial charge in [0.25, 0.3) is 0 Å². The van der Waals surface area contributed by atoms with Gasteiger partial charge in [-0.05, 0) is 31.6 Å². The van der Waals surface area contributed by atoms with Crippen LogP contribution >= 0.6 is 0 Å². The number of hydrogen-bond acceptors (Lipinski definition) is 3. The lowest BCUT2D eigenvalue weighted by Crippen LogP contribution is -2.43. The highest BCUT2D eigenvalue weighted by Crippen LogP contribution is 2.37. The first-order valence-corrected chi connectivity index (χ1v) is 7.15. The molecule has 20 heavy (non-hydrogen) atoms. The maximum Gasteiger partial charge on any atom is 0.307 e. The van der Waals surface area contributed by atoms with Crippen LogP contribution in [0.2, 0.25) is 0 Å². The van der Waals surface area contributed by atoms with Gasteiger partial charge in [0.05, 0.1) is 18.4 Å². The Morgan fingerprint density at radius 1 is 1.20 bits per heavy atom. The molecule has 2 fully saturated rings. The molecule has 2 aliphatic rings. The molecule has 2 N–H and O–H groups in total. The Balaban J connectivity index is 1.91. The minimum absolute atomic E-state index is 0.00650. The molecule has 0 spiro atoms. The number of nitrogens with one attached hydrogen (secondary N) is 1. The second kappa shape index (κ2) is 5.81. The maximum absolute atomic E-state index is 12.3. The minimum atomic E-state index is -0.913. The van der Waals surface area contributed by atoms with Crippen molar-refractivity contribution in [1.29, 1.82) is 0 Å². The Hall–Kier alpha value is -1.59. The van der Waals surface area contributed by atoms with E-state index in [2.05, 4.69) is 5.32 Å². The molecule has 2 amide bonds. The van der Waals surface area contributed by atoms with Crippen molar-refractivity contribution in [2.24, 2.45) is 17.8 Å². The molecule has 2 aliphatic carbocycles. The number of amides is 2. The molecule has 2 rings (SSSR count). The fraction of sp³-hybridized carbons (Fsp3) is 0.786. The van der Waals surface area contributed by atoms with E-state index in [1.54, 1.807) is 7.05 Å². The van der Waals surface area contributed by atoms with Crippen LogP contribution in [0, 0.1) is 17.8 Å². The molecule has 0 radical (unpaired) electrons. The summed E-state index contributed by atoms with van der Waals surface area (Å²) in [5.41, 5.74) is 0. The third-order valence-electron chi connectivity index (χ3n) is 4.13. The zero-order valence-corrected chi connectivity index (χ0v) is 12.0. The van der Waals surface area contributed by atoms with Crippen molar-refractivity contribution in [3.05, 3.63) is 0 Å². The zero-order valence-electron chi connectivity index (χ0n) is 12.0. The average Bonchev–Trinajstić information content (AvgIpc) is 3.07. The summed E-state index contributed by atoms with van der Waals surface area (Å²) in [6.07, 6.45) is 3.13. The molecule has 3 unspecified atom stereocenters. The summed E-state index contributed by atoms with van der Waals surface area (Å²) < 4.78 is 0. The molecule has 112 valence electrons. The highest BCUT2D eigenvalue weighted by molar-refractivity contribution is 5.89. The molecular formula is C14H22N2O4. The van der Waals surface area contributed by atoms with E-state index < -0.39 is 17.8 Å². The monoisotopic (exact) mass is 282 g/mol. The molecule has 0 aromatic rings. The second-order valence-corrected chi connectivity index (χ2v) is 6.16. The van der Waals surface area contributed by atoms with Crippen molar-refractivity contribution < 1.29 is 19.5 Å². The number of nitrogens with zero attached hydrogens (tertiary/aromatic N) is 1. The molecule has 0 aromatic heterocycles. The largest absolute Gasteiger partial charge is 0.481 e. The summed E-state index contributed by atoms with van der Waals surface area (Å²) in [6.45, 7) is 1.97. The van der Waals surface area contributed by atoms with Gasteiger partial charge in [0.1, 0.15) is 0 Å². The van der Waals surface area contributed by atoms with Crippen molar-refractivity contribution in [1.82, 2.24) is 10.2 Å². The number of carboxylic acid groups (broad SMARTS) is 1. The van der Waals surface area contributed by atoms with Crippen LogP contribution in [-0.4, -0.2) is 47.4 Å². The highest BCUT2D eigenvalue weighted by atomic mass is 16.4. The topological polar surface area (TPSA) is 86.7 Å². The Morgan fingerprint density at radius 3 is 2.35 bits per heavy atom. The van der Waals surface area contributed by atoms with Crippen LogP contribution in [0.4, 0.5) is 0 Å². The molecular weight excluding hydrogens is 260 g/mol. The molecule has 3 atom stereocenters. The number of carbonyl (C=O) groups is 3. The first-order valence-electron chi connectivity index (χ1n) is 7.15. The Labute approximate surface area is 118 Å². The minimum Gasteiger partial charge on any atom is -0.481 e. The Bertz CT molecular complexity index is 419. The zero-order chi connectivity index (χ0) is 14.9. The molecule has 6 heteroatoms. The van der Waals surface area contributed by atoms with Gasteiger partial charge in [-0.25, -0.2) is 0 Å². The molecule has 0 aliphatic heterocycles. The van der Waals surface area contributed by atoms with E-state index in [1.165, 1.54) is 4.90 Å². The van der Waals surface area contributed by atoms with E-state index in [4.69, 9.17) is 0 Å². The summed E-state index contributed by atoms with van der Waals surface area (Å²) in [4.78, 5) is 36.6. The maximum atomic E-state index is 12.3. The number of hydrogen-bond donors (Lipinski definition) is 2. The third-order valence-corrected chi connectivity index (χ3v) is 4.13. The fourth-order valence-electron chi connectivity index (χ4n) is 2.91. The Morgan fingerprint density at radius 2 is 1.80 bits per heavy atom. The van der Waals surface area contributed by atoms with Crippen LogP contribution in [0.5, 0.6) is 0 Å². The van der Waals surface area contributed by atoms with Crippen molar-refractivity contribution in [3.63, 3.8) is 0 Å². The predicted molar refractivity (Wildman–Crippen MR) is 71.8 cm³/mol. The Kier molecular flexibility index (Phi) is 4.30. The standard InChI is InChI=1S/C14H22N2O4/c1-8-5-10(11(6-8)14(19)20)13(18)16(2)7-12(17)15-9-3-4-9/h8-11H,3-7H2,1-2H3,(H,15,17)(H,19,20). The first kappa shape index (κ1) is 14.8. The SMILES string of the molecule is CC1CC(C(=O)O)C(C(=O)N(C)CC(=O)NC2CC2)C1. The fourth-order valence-corrected chi connectivity index (χ4v) is 2.91. The molecule has 0 bridgehead atoms. The summed E-state index contributed by atoms with van der Waals surface area (Å²) in [7, 11) is 1.57. The number of carbonyl (C=O) groups excluding carboxylic acids is 2. The van der Waals surface area contributed by atoms with Gasteiger partial charge in [-0.15, -0.1) is 0 Å². The predicted octanol–water partition coefficient (Wildman–Crippen LogP) is 0.470. The quantitative estimate of drug-likeness (QED) is 0.767. The van der Waals surface area contributed by atoms with E-state index >= 15 is 0 Å². The van der Waals surface area contributed by atoms with Crippen molar-refractivity contribution >= 4 is 17.8 Å². The molecule has 0 saturated heterocycles. The smallest absolute Gasteiger partial charge is 0.307 e. The van der Waals surface area contributed by atoms with Crippen LogP contribution < -0.4 is 5.32 Å². The van der Waals surface area contributed by atoms with Gasteiger partial charge in [0.15, 0.2) is 0 Å². The summed E-state index contributed by atoms with van der Waals surface area (Å²) in [5, 5.41) is 12.0. The molecule has 0 heterocycles. The van der Waals surface area contributed by atoms with E-state index in [0.717, 1.165) is 12.8 Å². The number of rotatable bonds is 5. The lowest BCUT2D eigenvalue weighted by Gasteiger charge is -2.23. The third kappa shape index (κ3) is 3.49. The van der Waals surface area contributed by atoms with E-state index in [0.29, 0.717) is 12.8 Å². The first-order chi connectivity index (χ1) is 9.38. The van der Waals surface area contributed by atoms with Crippen molar-refractivity contribution in [3.8, 4) is 0 Å². The van der Waals surface area contributed by atoms with Crippen LogP contribution in [0.25, 0.3) is 0 Å². The van der Waals surface area contributed by atoms with Crippen LogP contribution in [0.3, 0.4) is 0 Å². The molecule has 6 nitrogen and oxygen atoms in total. The number of carboxylic acids is 1. The van der Waals surface area contributed by atoms with E-state index in [1.807, 2.05) is 6.92 Å². The van der Waals surface area contributed by atoms with Crippen LogP contribution in [0.15, 0.2) is 0 Å². The number of aliphatic carboxylic acids is 1. The summed E-state index contributed by atoms with van der Waals surface area (Å²) >= 11 is 0. The van der Waals surface area contributed by atoms with Gasteiger partial charge in [-0.2, -0.15) is 0 Å². The van der Waals surface area contributed by atoms with Gasteiger partial charge < -0.3 is 15.3 Å². The van der Waals surface area contributed by atoms with Gasteiger partial charge in [-0.1, -0.05) is 6.92 Å². The van der Waals surface area contributed by atoms with E-state index in [-0.39, 0.29) is 30.3 Å². The summed E-state index contributed by atoms with van der Waals surface area (Å²) in [6, 6.07) is 0.268. The average molecular weight is 282 g/mol. The van der Waals surface area contributed by atoms with Crippen LogP contribution in [0.1, 0.15) is 32.6 Å². The van der Waals surface area contributed by atoms with Gasteiger partial charge >= 0.3 is 5.97 Å². The molecule has 2 saturated carbocycles. The normalized spacial score (nSPS) is 29.0. The lowest BCUT2D eigenvalue weighted by atomic mass is 9.95. The van der Waals surface area contributed by atoms with Gasteiger partial charge in [0.2, 0.25) is 11.8 Å².